The van der Waals surface area contributed by atoms with E-state index in [1.807, 2.05) is 18.2 Å². The maximum atomic E-state index is 11.9. The molecule has 6 heteroatoms. The van der Waals surface area contributed by atoms with E-state index in [2.05, 4.69) is 5.32 Å². The zero-order valence-corrected chi connectivity index (χ0v) is 13.8. The Balaban J connectivity index is 1.49. The number of halogens is 1. The molecule has 1 aliphatic heterocycles. The van der Waals surface area contributed by atoms with Gasteiger partial charge in [-0.25, -0.2) is 0 Å². The van der Waals surface area contributed by atoms with E-state index in [0.29, 0.717) is 30.5 Å². The molecule has 3 rings (SSSR count). The summed E-state index contributed by atoms with van der Waals surface area (Å²) in [7, 11) is 0. The highest BCUT2D eigenvalue weighted by atomic mass is 35.5. The van der Waals surface area contributed by atoms with Gasteiger partial charge < -0.3 is 19.5 Å². The number of amides is 1. The van der Waals surface area contributed by atoms with Gasteiger partial charge in [0.15, 0.2) is 18.1 Å². The first kappa shape index (κ1) is 16.5. The van der Waals surface area contributed by atoms with Crippen molar-refractivity contribution in [1.82, 2.24) is 5.32 Å². The molecule has 0 aromatic heterocycles. The third kappa shape index (κ3) is 4.55. The van der Waals surface area contributed by atoms with Crippen molar-refractivity contribution < 1.29 is 19.0 Å². The standard InChI is InChI=1S/C18H18ClNO4/c19-14-3-5-15(6-4-14)24-12-18(21)20-11-13-2-7-16-17(10-13)23-9-1-8-22-16/h2-7,10H,1,8-9,11-12H2,(H,20,21). The number of ether oxygens (including phenoxy) is 3. The van der Waals surface area contributed by atoms with Crippen LogP contribution < -0.4 is 19.5 Å². The van der Waals surface area contributed by atoms with Gasteiger partial charge in [0.25, 0.3) is 5.91 Å². The second-order valence-electron chi connectivity index (χ2n) is 5.35. The minimum absolute atomic E-state index is 0.0494. The number of carbonyl (C=O) groups excluding carboxylic acids is 1. The minimum atomic E-state index is -0.197. The molecule has 1 N–H and O–H groups in total. The predicted molar refractivity (Wildman–Crippen MR) is 90.8 cm³/mol. The van der Waals surface area contributed by atoms with Crippen molar-refractivity contribution in [3.63, 3.8) is 0 Å². The maximum absolute atomic E-state index is 11.9. The van der Waals surface area contributed by atoms with Crippen LogP contribution in [0, 0.1) is 0 Å². The van der Waals surface area contributed by atoms with E-state index in [1.165, 1.54) is 0 Å². The molecule has 0 spiro atoms. The lowest BCUT2D eigenvalue weighted by atomic mass is 10.2. The van der Waals surface area contributed by atoms with Crippen LogP contribution in [0.4, 0.5) is 0 Å². The molecule has 0 bridgehead atoms. The second kappa shape index (κ2) is 7.93. The van der Waals surface area contributed by atoms with Gasteiger partial charge in [-0.15, -0.1) is 0 Å². The van der Waals surface area contributed by atoms with E-state index in [4.69, 9.17) is 25.8 Å². The molecule has 1 amide bonds. The first-order chi connectivity index (χ1) is 11.7. The van der Waals surface area contributed by atoms with E-state index in [0.717, 1.165) is 23.5 Å². The monoisotopic (exact) mass is 347 g/mol. The molecule has 0 fully saturated rings. The summed E-state index contributed by atoms with van der Waals surface area (Å²) in [5, 5.41) is 3.44. The lowest BCUT2D eigenvalue weighted by Gasteiger charge is -2.11. The Kier molecular flexibility index (Phi) is 5.43. The molecule has 1 aliphatic rings. The molecule has 0 radical (unpaired) electrons. The number of rotatable bonds is 5. The van der Waals surface area contributed by atoms with Crippen molar-refractivity contribution in [3.05, 3.63) is 53.1 Å². The summed E-state index contributed by atoms with van der Waals surface area (Å²) in [6.07, 6.45) is 0.864. The van der Waals surface area contributed by atoms with Gasteiger partial charge in [0.2, 0.25) is 0 Å². The molecular formula is C18H18ClNO4. The van der Waals surface area contributed by atoms with Crippen LogP contribution in [0.15, 0.2) is 42.5 Å². The molecule has 2 aromatic rings. The van der Waals surface area contributed by atoms with Crippen LogP contribution in [0.2, 0.25) is 5.02 Å². The van der Waals surface area contributed by atoms with E-state index >= 15 is 0 Å². The first-order valence-corrected chi connectivity index (χ1v) is 8.12. The fourth-order valence-corrected chi connectivity index (χ4v) is 2.38. The Morgan fingerprint density at radius 2 is 1.83 bits per heavy atom. The zero-order valence-electron chi connectivity index (χ0n) is 13.1. The molecule has 0 aliphatic carbocycles. The Labute approximate surface area is 145 Å². The van der Waals surface area contributed by atoms with E-state index in [-0.39, 0.29) is 12.5 Å². The molecular weight excluding hydrogens is 330 g/mol. The van der Waals surface area contributed by atoms with Gasteiger partial charge in [0.05, 0.1) is 13.2 Å². The third-order valence-electron chi connectivity index (χ3n) is 3.49. The lowest BCUT2D eigenvalue weighted by molar-refractivity contribution is -0.123. The van der Waals surface area contributed by atoms with Crippen LogP contribution in [0.1, 0.15) is 12.0 Å². The minimum Gasteiger partial charge on any atom is -0.490 e. The van der Waals surface area contributed by atoms with Crippen LogP contribution in [-0.2, 0) is 11.3 Å². The van der Waals surface area contributed by atoms with Gasteiger partial charge in [-0.3, -0.25) is 4.79 Å². The number of hydrogen-bond donors (Lipinski definition) is 1. The van der Waals surface area contributed by atoms with Crippen molar-refractivity contribution in [2.45, 2.75) is 13.0 Å². The fraction of sp³-hybridized carbons (Fsp3) is 0.278. The summed E-state index contributed by atoms with van der Waals surface area (Å²) >= 11 is 5.80. The smallest absolute Gasteiger partial charge is 0.258 e. The van der Waals surface area contributed by atoms with Crippen LogP contribution in [0.25, 0.3) is 0 Å². The number of nitrogens with one attached hydrogen (secondary N) is 1. The summed E-state index contributed by atoms with van der Waals surface area (Å²) in [6, 6.07) is 12.5. The Hall–Kier alpha value is -2.40. The molecule has 126 valence electrons. The van der Waals surface area contributed by atoms with Gasteiger partial charge in [-0.1, -0.05) is 17.7 Å². The predicted octanol–water partition coefficient (Wildman–Crippen LogP) is 3.20. The van der Waals surface area contributed by atoms with Crippen LogP contribution >= 0.6 is 11.6 Å². The zero-order chi connectivity index (χ0) is 16.8. The summed E-state index contributed by atoms with van der Waals surface area (Å²) in [4.78, 5) is 11.9. The van der Waals surface area contributed by atoms with E-state index in [1.54, 1.807) is 24.3 Å². The second-order valence-corrected chi connectivity index (χ2v) is 5.79. The quantitative estimate of drug-likeness (QED) is 0.902. The molecule has 1 heterocycles. The highest BCUT2D eigenvalue weighted by Crippen LogP contribution is 2.30. The lowest BCUT2D eigenvalue weighted by Crippen LogP contribution is -2.28. The molecule has 5 nitrogen and oxygen atoms in total. The van der Waals surface area contributed by atoms with Gasteiger partial charge in [0, 0.05) is 18.0 Å². The van der Waals surface area contributed by atoms with Gasteiger partial charge in [-0.05, 0) is 42.0 Å². The van der Waals surface area contributed by atoms with Crippen molar-refractivity contribution in [2.75, 3.05) is 19.8 Å². The maximum Gasteiger partial charge on any atom is 0.258 e. The third-order valence-corrected chi connectivity index (χ3v) is 3.74. The van der Waals surface area contributed by atoms with E-state index in [9.17, 15) is 4.79 Å². The Bertz CT molecular complexity index is 703. The normalized spacial score (nSPS) is 13.0. The Morgan fingerprint density at radius 3 is 2.62 bits per heavy atom. The van der Waals surface area contributed by atoms with E-state index < -0.39 is 0 Å². The van der Waals surface area contributed by atoms with Crippen molar-refractivity contribution in [1.29, 1.82) is 0 Å². The average molecular weight is 348 g/mol. The topological polar surface area (TPSA) is 56.8 Å². The van der Waals surface area contributed by atoms with Crippen molar-refractivity contribution in [2.24, 2.45) is 0 Å². The number of benzene rings is 2. The molecule has 2 aromatic carbocycles. The summed E-state index contributed by atoms with van der Waals surface area (Å²) < 4.78 is 16.6. The molecule has 0 saturated carbocycles. The molecule has 0 unspecified atom stereocenters. The van der Waals surface area contributed by atoms with Gasteiger partial charge in [0.1, 0.15) is 5.75 Å². The van der Waals surface area contributed by atoms with Crippen LogP contribution in [0.3, 0.4) is 0 Å². The average Bonchev–Trinajstić information content (AvgIpc) is 2.84. The first-order valence-electron chi connectivity index (χ1n) is 7.74. The van der Waals surface area contributed by atoms with Crippen LogP contribution in [0.5, 0.6) is 17.2 Å². The fourth-order valence-electron chi connectivity index (χ4n) is 2.25. The molecule has 24 heavy (non-hydrogen) atoms. The van der Waals surface area contributed by atoms with Crippen molar-refractivity contribution >= 4 is 17.5 Å². The molecule has 0 atom stereocenters. The highest BCUT2D eigenvalue weighted by Gasteiger charge is 2.11. The number of fused-ring (bicyclic) bond motifs is 1. The number of hydrogen-bond acceptors (Lipinski definition) is 4. The van der Waals surface area contributed by atoms with Crippen molar-refractivity contribution in [3.8, 4) is 17.2 Å². The summed E-state index contributed by atoms with van der Waals surface area (Å²) in [5.74, 6) is 1.87. The highest BCUT2D eigenvalue weighted by molar-refractivity contribution is 6.30. The summed E-state index contributed by atoms with van der Waals surface area (Å²) in [6.45, 7) is 1.65. The van der Waals surface area contributed by atoms with Gasteiger partial charge >= 0.3 is 0 Å². The number of carbonyl (C=O) groups is 1. The largest absolute Gasteiger partial charge is 0.490 e. The Morgan fingerprint density at radius 1 is 1.08 bits per heavy atom. The SMILES string of the molecule is O=C(COc1ccc(Cl)cc1)NCc1ccc2c(c1)OCCCO2. The van der Waals surface area contributed by atoms with Gasteiger partial charge in [-0.2, -0.15) is 0 Å². The van der Waals surface area contributed by atoms with Crippen LogP contribution in [-0.4, -0.2) is 25.7 Å². The summed E-state index contributed by atoms with van der Waals surface area (Å²) in [5.41, 5.74) is 0.944. The molecule has 0 saturated heterocycles.